The van der Waals surface area contributed by atoms with Crippen LogP contribution in [0.5, 0.6) is 17.2 Å². The zero-order chi connectivity index (χ0) is 18.2. The van der Waals surface area contributed by atoms with Crippen molar-refractivity contribution in [2.75, 3.05) is 11.9 Å². The largest absolute Gasteiger partial charge is 0.494 e. The zero-order valence-corrected chi connectivity index (χ0v) is 15.1. The molecule has 6 heteroatoms. The van der Waals surface area contributed by atoms with Gasteiger partial charge in [-0.3, -0.25) is 0 Å². The Balaban J connectivity index is 1.52. The van der Waals surface area contributed by atoms with E-state index in [0.29, 0.717) is 19.0 Å². The molecule has 0 amide bonds. The monoisotopic (exact) mass is 353 g/mol. The highest BCUT2D eigenvalue weighted by Gasteiger charge is 2.05. The molecule has 0 spiro atoms. The molecule has 3 aromatic rings. The van der Waals surface area contributed by atoms with E-state index in [0.717, 1.165) is 41.6 Å². The van der Waals surface area contributed by atoms with Gasteiger partial charge in [0.25, 0.3) is 0 Å². The number of anilines is 1. The molecule has 1 heterocycles. The molecule has 1 N–H and O–H groups in total. The summed E-state index contributed by atoms with van der Waals surface area (Å²) >= 11 is 0. The number of nitrogens with zero attached hydrogens (tertiary/aromatic N) is 2. The van der Waals surface area contributed by atoms with E-state index in [-0.39, 0.29) is 0 Å². The van der Waals surface area contributed by atoms with Gasteiger partial charge in [0.15, 0.2) is 5.82 Å². The Labute approximate surface area is 153 Å². The predicted octanol–water partition coefficient (Wildman–Crippen LogP) is 4.83. The first-order chi connectivity index (χ1) is 12.8. The van der Waals surface area contributed by atoms with E-state index < -0.39 is 0 Å². The molecule has 0 bridgehead atoms. The lowest BCUT2D eigenvalue weighted by molar-refractivity contribution is 0.339. The third-order valence-corrected chi connectivity index (χ3v) is 3.65. The quantitative estimate of drug-likeness (QED) is 0.594. The first-order valence-electron chi connectivity index (χ1n) is 8.83. The van der Waals surface area contributed by atoms with Crippen LogP contribution in [0.15, 0.2) is 53.1 Å². The van der Waals surface area contributed by atoms with Gasteiger partial charge in [0.05, 0.1) is 13.2 Å². The Morgan fingerprint density at radius 2 is 1.58 bits per heavy atom. The van der Waals surface area contributed by atoms with Crippen molar-refractivity contribution in [3.63, 3.8) is 0 Å². The van der Waals surface area contributed by atoms with Crippen LogP contribution in [0, 0.1) is 0 Å². The van der Waals surface area contributed by atoms with Gasteiger partial charge in [0.2, 0.25) is 5.89 Å². The molecule has 6 nitrogen and oxygen atoms in total. The minimum absolute atomic E-state index is 0.496. The van der Waals surface area contributed by atoms with Gasteiger partial charge >= 0.3 is 0 Å². The Morgan fingerprint density at radius 3 is 2.23 bits per heavy atom. The van der Waals surface area contributed by atoms with Crippen LogP contribution in [0.4, 0.5) is 5.69 Å². The summed E-state index contributed by atoms with van der Waals surface area (Å²) < 4.78 is 16.5. The molecule has 0 aliphatic heterocycles. The average Bonchev–Trinajstić information content (AvgIpc) is 3.11. The Kier molecular flexibility index (Phi) is 6.09. The summed E-state index contributed by atoms with van der Waals surface area (Å²) in [6.45, 7) is 5.20. The summed E-state index contributed by atoms with van der Waals surface area (Å²) in [6.07, 6.45) is 1.84. The maximum absolute atomic E-state index is 5.84. The van der Waals surface area contributed by atoms with Gasteiger partial charge in [-0.2, -0.15) is 4.98 Å². The molecule has 0 unspecified atom stereocenters. The maximum atomic E-state index is 5.84. The molecule has 0 atom stereocenters. The fourth-order valence-electron chi connectivity index (χ4n) is 2.41. The van der Waals surface area contributed by atoms with E-state index in [9.17, 15) is 0 Å². The Morgan fingerprint density at radius 1 is 0.923 bits per heavy atom. The van der Waals surface area contributed by atoms with Crippen molar-refractivity contribution in [3.05, 3.63) is 60.2 Å². The smallest absolute Gasteiger partial charge is 0.245 e. The number of hydrogen-bond donors (Lipinski definition) is 1. The predicted molar refractivity (Wildman–Crippen MR) is 99.7 cm³/mol. The van der Waals surface area contributed by atoms with Crippen molar-refractivity contribution >= 4 is 5.69 Å². The SMILES string of the molecule is CCCc1noc(CNc2ccc(Oc3ccc(OCC)cc3)cc2)n1. The van der Waals surface area contributed by atoms with Crippen LogP contribution in [0.25, 0.3) is 0 Å². The normalized spacial score (nSPS) is 10.5. The number of nitrogens with one attached hydrogen (secondary N) is 1. The van der Waals surface area contributed by atoms with Crippen LogP contribution < -0.4 is 14.8 Å². The number of benzene rings is 2. The van der Waals surface area contributed by atoms with Gasteiger partial charge in [0, 0.05) is 12.1 Å². The van der Waals surface area contributed by atoms with Gasteiger partial charge in [0.1, 0.15) is 17.2 Å². The third-order valence-electron chi connectivity index (χ3n) is 3.65. The van der Waals surface area contributed by atoms with Crippen molar-refractivity contribution in [2.24, 2.45) is 0 Å². The molecule has 136 valence electrons. The number of aryl methyl sites for hydroxylation is 1. The Hall–Kier alpha value is -3.02. The molecule has 0 fully saturated rings. The summed E-state index contributed by atoms with van der Waals surface area (Å²) in [5.41, 5.74) is 0.958. The molecule has 0 aliphatic rings. The standard InChI is InChI=1S/C20H23N3O3/c1-3-5-19-22-20(26-23-19)14-21-15-6-8-17(9-7-15)25-18-12-10-16(11-13-18)24-4-2/h6-13,21H,3-5,14H2,1-2H3. The van der Waals surface area contributed by atoms with E-state index in [1.54, 1.807) is 0 Å². The number of ether oxygens (including phenoxy) is 2. The molecule has 0 saturated carbocycles. The van der Waals surface area contributed by atoms with Crippen LogP contribution in [-0.4, -0.2) is 16.7 Å². The zero-order valence-electron chi connectivity index (χ0n) is 15.1. The summed E-state index contributed by atoms with van der Waals surface area (Å²) in [5.74, 6) is 3.71. The van der Waals surface area contributed by atoms with Gasteiger partial charge in [-0.15, -0.1) is 0 Å². The second-order valence-corrected chi connectivity index (χ2v) is 5.74. The van der Waals surface area contributed by atoms with Crippen LogP contribution in [0.2, 0.25) is 0 Å². The van der Waals surface area contributed by atoms with Crippen LogP contribution in [-0.2, 0) is 13.0 Å². The Bertz CT molecular complexity index is 798. The summed E-state index contributed by atoms with van der Waals surface area (Å²) in [5, 5.41) is 7.20. The first-order valence-corrected chi connectivity index (χ1v) is 8.83. The van der Waals surface area contributed by atoms with Crippen LogP contribution in [0.1, 0.15) is 32.0 Å². The molecule has 26 heavy (non-hydrogen) atoms. The molecule has 1 aromatic heterocycles. The van der Waals surface area contributed by atoms with Crippen molar-refractivity contribution in [3.8, 4) is 17.2 Å². The van der Waals surface area contributed by atoms with E-state index in [2.05, 4.69) is 22.4 Å². The van der Waals surface area contributed by atoms with Gasteiger partial charge in [-0.25, -0.2) is 0 Å². The van der Waals surface area contributed by atoms with Crippen molar-refractivity contribution in [2.45, 2.75) is 33.2 Å². The number of rotatable bonds is 9. The third kappa shape index (κ3) is 4.99. The highest BCUT2D eigenvalue weighted by Crippen LogP contribution is 2.25. The van der Waals surface area contributed by atoms with E-state index in [1.165, 1.54) is 0 Å². The summed E-state index contributed by atoms with van der Waals surface area (Å²) in [4.78, 5) is 4.33. The minimum Gasteiger partial charge on any atom is -0.494 e. The molecule has 0 radical (unpaired) electrons. The lowest BCUT2D eigenvalue weighted by Crippen LogP contribution is -1.99. The maximum Gasteiger partial charge on any atom is 0.245 e. The minimum atomic E-state index is 0.496. The van der Waals surface area contributed by atoms with Crippen molar-refractivity contribution in [1.29, 1.82) is 0 Å². The number of aromatic nitrogens is 2. The van der Waals surface area contributed by atoms with Crippen LogP contribution in [0.3, 0.4) is 0 Å². The summed E-state index contributed by atoms with van der Waals surface area (Å²) in [7, 11) is 0. The molecular weight excluding hydrogens is 330 g/mol. The summed E-state index contributed by atoms with van der Waals surface area (Å²) in [6, 6.07) is 15.3. The number of hydrogen-bond acceptors (Lipinski definition) is 6. The van der Waals surface area contributed by atoms with Gasteiger partial charge in [-0.05, 0) is 61.9 Å². The van der Waals surface area contributed by atoms with E-state index >= 15 is 0 Å². The molecule has 0 saturated heterocycles. The highest BCUT2D eigenvalue weighted by atomic mass is 16.5. The topological polar surface area (TPSA) is 69.4 Å². The highest BCUT2D eigenvalue weighted by molar-refractivity contribution is 5.47. The van der Waals surface area contributed by atoms with Crippen LogP contribution >= 0.6 is 0 Å². The van der Waals surface area contributed by atoms with Gasteiger partial charge < -0.3 is 19.3 Å². The first kappa shape index (κ1) is 17.8. The van der Waals surface area contributed by atoms with E-state index in [4.69, 9.17) is 14.0 Å². The van der Waals surface area contributed by atoms with E-state index in [1.807, 2.05) is 55.5 Å². The molecule has 3 rings (SSSR count). The second-order valence-electron chi connectivity index (χ2n) is 5.74. The molecule has 2 aromatic carbocycles. The lowest BCUT2D eigenvalue weighted by Gasteiger charge is -2.08. The fraction of sp³-hybridized carbons (Fsp3) is 0.300. The van der Waals surface area contributed by atoms with Crippen molar-refractivity contribution in [1.82, 2.24) is 10.1 Å². The average molecular weight is 353 g/mol. The lowest BCUT2D eigenvalue weighted by atomic mass is 10.3. The molecular formula is C20H23N3O3. The van der Waals surface area contributed by atoms with Crippen molar-refractivity contribution < 1.29 is 14.0 Å². The molecule has 0 aliphatic carbocycles. The van der Waals surface area contributed by atoms with Gasteiger partial charge in [-0.1, -0.05) is 12.1 Å². The second kappa shape index (κ2) is 8.89. The fourth-order valence-corrected chi connectivity index (χ4v) is 2.41.